The summed E-state index contributed by atoms with van der Waals surface area (Å²) < 4.78 is 2.03. The molecule has 1 aromatic heterocycles. The number of nitrogens with zero attached hydrogens (tertiary/aromatic N) is 2. The summed E-state index contributed by atoms with van der Waals surface area (Å²) in [4.78, 5) is 3.93. The third-order valence-corrected chi connectivity index (χ3v) is 1.47. The number of hydrogen-bond donors (Lipinski definition) is 1. The van der Waals surface area contributed by atoms with E-state index in [2.05, 4.69) is 11.6 Å². The monoisotopic (exact) mass is 151 g/mol. The summed E-state index contributed by atoms with van der Waals surface area (Å²) in [5.41, 5.74) is 6.17. The summed E-state index contributed by atoms with van der Waals surface area (Å²) in [6.45, 7) is 4.60. The van der Waals surface area contributed by atoms with Gasteiger partial charge >= 0.3 is 0 Å². The smallest absolute Gasteiger partial charge is 0.0945 e. The Kier molecular flexibility index (Phi) is 2.72. The molecular weight excluding hydrogens is 138 g/mol. The average Bonchev–Trinajstić information content (AvgIpc) is 2.39. The molecule has 0 aliphatic heterocycles. The lowest BCUT2D eigenvalue weighted by Gasteiger charge is -2.00. The first kappa shape index (κ1) is 7.85. The highest BCUT2D eigenvalue weighted by atomic mass is 15.0. The Morgan fingerprint density at radius 1 is 1.64 bits per heavy atom. The zero-order chi connectivity index (χ0) is 8.10. The molecule has 0 radical (unpaired) electrons. The van der Waals surface area contributed by atoms with Crippen LogP contribution in [0.15, 0.2) is 31.0 Å². The predicted octanol–water partition coefficient (Wildman–Crippen LogP) is 1.14. The number of rotatable bonds is 4. The van der Waals surface area contributed by atoms with Gasteiger partial charge in [0.1, 0.15) is 0 Å². The lowest BCUT2D eigenvalue weighted by atomic mass is 10.2. The Labute approximate surface area is 66.5 Å². The highest BCUT2D eigenvalue weighted by Crippen LogP contribution is 1.98. The fourth-order valence-electron chi connectivity index (χ4n) is 0.908. The molecule has 3 nitrogen and oxygen atoms in total. The maximum atomic E-state index is 5.41. The van der Waals surface area contributed by atoms with Gasteiger partial charge in [0.05, 0.1) is 6.33 Å². The van der Waals surface area contributed by atoms with Crippen molar-refractivity contribution in [2.75, 3.05) is 0 Å². The first-order chi connectivity index (χ1) is 5.29. The molecule has 0 amide bonds. The standard InChI is InChI=1S/C8H13N3/c1-8(9)3-2-5-11-6-4-10-7-11/h4,6-7H,1-3,5,9H2. The van der Waals surface area contributed by atoms with E-state index in [9.17, 15) is 0 Å². The summed E-state index contributed by atoms with van der Waals surface area (Å²) >= 11 is 0. The molecular formula is C8H13N3. The number of imidazole rings is 1. The molecule has 0 bridgehead atoms. The Balaban J connectivity index is 2.19. The van der Waals surface area contributed by atoms with Crippen molar-refractivity contribution < 1.29 is 0 Å². The second-order valence-corrected chi connectivity index (χ2v) is 2.56. The van der Waals surface area contributed by atoms with E-state index in [4.69, 9.17) is 5.73 Å². The maximum Gasteiger partial charge on any atom is 0.0945 e. The fourth-order valence-corrected chi connectivity index (χ4v) is 0.908. The summed E-state index contributed by atoms with van der Waals surface area (Å²) in [6.07, 6.45) is 7.44. The van der Waals surface area contributed by atoms with Gasteiger partial charge in [-0.15, -0.1) is 0 Å². The second kappa shape index (κ2) is 3.81. The molecule has 0 fully saturated rings. The van der Waals surface area contributed by atoms with Gasteiger partial charge < -0.3 is 10.3 Å². The van der Waals surface area contributed by atoms with Crippen molar-refractivity contribution in [3.05, 3.63) is 31.0 Å². The topological polar surface area (TPSA) is 43.8 Å². The molecule has 0 aliphatic rings. The van der Waals surface area contributed by atoms with E-state index in [1.54, 1.807) is 12.5 Å². The highest BCUT2D eigenvalue weighted by Gasteiger charge is 1.90. The van der Waals surface area contributed by atoms with Gasteiger partial charge in [-0.3, -0.25) is 0 Å². The van der Waals surface area contributed by atoms with Crippen LogP contribution < -0.4 is 5.73 Å². The Morgan fingerprint density at radius 3 is 3.00 bits per heavy atom. The van der Waals surface area contributed by atoms with Crippen molar-refractivity contribution in [3.63, 3.8) is 0 Å². The van der Waals surface area contributed by atoms with Crippen LogP contribution >= 0.6 is 0 Å². The summed E-state index contributed by atoms with van der Waals surface area (Å²) in [5, 5.41) is 0. The molecule has 1 heterocycles. The maximum absolute atomic E-state index is 5.41. The predicted molar refractivity (Wildman–Crippen MR) is 44.8 cm³/mol. The van der Waals surface area contributed by atoms with Crippen molar-refractivity contribution in [1.82, 2.24) is 9.55 Å². The van der Waals surface area contributed by atoms with E-state index in [1.165, 1.54) is 0 Å². The van der Waals surface area contributed by atoms with Crippen molar-refractivity contribution in [2.45, 2.75) is 19.4 Å². The minimum atomic E-state index is 0.755. The normalized spacial score (nSPS) is 9.82. The summed E-state index contributed by atoms with van der Waals surface area (Å²) in [5.74, 6) is 0. The average molecular weight is 151 g/mol. The first-order valence-corrected chi connectivity index (χ1v) is 3.68. The van der Waals surface area contributed by atoms with E-state index >= 15 is 0 Å². The molecule has 1 aromatic rings. The molecule has 1 rings (SSSR count). The third kappa shape index (κ3) is 2.89. The van der Waals surface area contributed by atoms with E-state index in [0.717, 1.165) is 25.1 Å². The number of allylic oxidation sites excluding steroid dienone is 1. The van der Waals surface area contributed by atoms with Gasteiger partial charge in [-0.1, -0.05) is 6.58 Å². The highest BCUT2D eigenvalue weighted by molar-refractivity contribution is 4.85. The van der Waals surface area contributed by atoms with Crippen LogP contribution in [0.2, 0.25) is 0 Å². The SMILES string of the molecule is C=C(N)CCCn1ccnc1. The minimum Gasteiger partial charge on any atom is -0.403 e. The quantitative estimate of drug-likeness (QED) is 0.701. The zero-order valence-corrected chi connectivity index (χ0v) is 6.53. The number of aromatic nitrogens is 2. The molecule has 0 unspecified atom stereocenters. The molecule has 0 aromatic carbocycles. The van der Waals surface area contributed by atoms with Crippen molar-refractivity contribution in [3.8, 4) is 0 Å². The molecule has 2 N–H and O–H groups in total. The van der Waals surface area contributed by atoms with Crippen molar-refractivity contribution in [1.29, 1.82) is 0 Å². The Bertz CT molecular complexity index is 213. The molecule has 11 heavy (non-hydrogen) atoms. The third-order valence-electron chi connectivity index (χ3n) is 1.47. The van der Waals surface area contributed by atoms with Crippen molar-refractivity contribution in [2.24, 2.45) is 5.73 Å². The van der Waals surface area contributed by atoms with Gasteiger partial charge in [0.25, 0.3) is 0 Å². The number of hydrogen-bond acceptors (Lipinski definition) is 2. The Morgan fingerprint density at radius 2 is 2.45 bits per heavy atom. The molecule has 0 aliphatic carbocycles. The first-order valence-electron chi connectivity index (χ1n) is 3.68. The zero-order valence-electron chi connectivity index (χ0n) is 6.53. The lowest BCUT2D eigenvalue weighted by molar-refractivity contribution is 0.638. The molecule has 0 saturated heterocycles. The summed E-state index contributed by atoms with van der Waals surface area (Å²) in [7, 11) is 0. The fraction of sp³-hybridized carbons (Fsp3) is 0.375. The molecule has 0 saturated carbocycles. The van der Waals surface area contributed by atoms with Crippen LogP contribution in [0.5, 0.6) is 0 Å². The van der Waals surface area contributed by atoms with Crippen LogP contribution in [0.4, 0.5) is 0 Å². The molecule has 0 spiro atoms. The van der Waals surface area contributed by atoms with Crippen molar-refractivity contribution >= 4 is 0 Å². The number of aryl methyl sites for hydroxylation is 1. The van der Waals surface area contributed by atoms with Crippen LogP contribution in [0, 0.1) is 0 Å². The van der Waals surface area contributed by atoms with Gasteiger partial charge in [0.15, 0.2) is 0 Å². The number of nitrogens with two attached hydrogens (primary N) is 1. The van der Waals surface area contributed by atoms with Gasteiger partial charge in [-0.05, 0) is 12.8 Å². The van der Waals surface area contributed by atoms with Crippen LogP contribution in [-0.2, 0) is 6.54 Å². The van der Waals surface area contributed by atoms with E-state index in [0.29, 0.717) is 0 Å². The largest absolute Gasteiger partial charge is 0.403 e. The van der Waals surface area contributed by atoms with E-state index in [-0.39, 0.29) is 0 Å². The van der Waals surface area contributed by atoms with E-state index in [1.807, 2.05) is 10.8 Å². The van der Waals surface area contributed by atoms with Crippen LogP contribution in [0.25, 0.3) is 0 Å². The molecule has 60 valence electrons. The van der Waals surface area contributed by atoms with E-state index < -0.39 is 0 Å². The molecule has 3 heteroatoms. The Hall–Kier alpha value is -1.25. The second-order valence-electron chi connectivity index (χ2n) is 2.56. The minimum absolute atomic E-state index is 0.755. The van der Waals surface area contributed by atoms with Crippen LogP contribution in [-0.4, -0.2) is 9.55 Å². The van der Waals surface area contributed by atoms with Gasteiger partial charge in [-0.25, -0.2) is 4.98 Å². The van der Waals surface area contributed by atoms with Gasteiger partial charge in [0.2, 0.25) is 0 Å². The molecule has 0 atom stereocenters. The van der Waals surface area contributed by atoms with Gasteiger partial charge in [-0.2, -0.15) is 0 Å². The summed E-state index contributed by atoms with van der Waals surface area (Å²) in [6, 6.07) is 0. The van der Waals surface area contributed by atoms with Crippen LogP contribution in [0.3, 0.4) is 0 Å². The lowest BCUT2D eigenvalue weighted by Crippen LogP contribution is -1.99. The van der Waals surface area contributed by atoms with Gasteiger partial charge in [0, 0.05) is 24.6 Å². The van der Waals surface area contributed by atoms with Crippen LogP contribution in [0.1, 0.15) is 12.8 Å².